The summed E-state index contributed by atoms with van der Waals surface area (Å²) >= 11 is 0. The Labute approximate surface area is 117 Å². The van der Waals surface area contributed by atoms with Gasteiger partial charge in [0.1, 0.15) is 0 Å². The second kappa shape index (κ2) is 7.13. The van der Waals surface area contributed by atoms with Crippen molar-refractivity contribution in [2.45, 2.75) is 40.5 Å². The quantitative estimate of drug-likeness (QED) is 0.806. The molecular formula is C15H30N2O2. The monoisotopic (exact) mass is 270 g/mol. The molecular weight excluding hydrogens is 240 g/mol. The van der Waals surface area contributed by atoms with Gasteiger partial charge < -0.3 is 15.0 Å². The fraction of sp³-hybridized carbons (Fsp3) is 0.933. The Balaban J connectivity index is 2.29. The Morgan fingerprint density at radius 1 is 1.47 bits per heavy atom. The molecule has 2 amide bonds. The van der Waals surface area contributed by atoms with E-state index in [9.17, 15) is 4.79 Å². The molecule has 0 radical (unpaired) electrons. The molecule has 0 bridgehead atoms. The second-order valence-corrected chi connectivity index (χ2v) is 7.03. The van der Waals surface area contributed by atoms with E-state index >= 15 is 0 Å². The Kier molecular flexibility index (Phi) is 6.11. The Morgan fingerprint density at radius 2 is 2.16 bits per heavy atom. The maximum absolute atomic E-state index is 12.0. The molecule has 0 aromatic rings. The average molecular weight is 270 g/mol. The molecule has 0 saturated carbocycles. The molecule has 1 aliphatic rings. The number of hydrogen-bond donors (Lipinski definition) is 1. The molecule has 1 atom stereocenters. The predicted molar refractivity (Wildman–Crippen MR) is 78.2 cm³/mol. The summed E-state index contributed by atoms with van der Waals surface area (Å²) < 4.78 is 5.34. The Hall–Kier alpha value is -0.770. The average Bonchev–Trinajstić information content (AvgIpc) is 2.76. The minimum atomic E-state index is 0.0312. The first-order valence-electron chi connectivity index (χ1n) is 7.37. The van der Waals surface area contributed by atoms with Crippen LogP contribution in [0.25, 0.3) is 0 Å². The maximum Gasteiger partial charge on any atom is 0.317 e. The summed E-state index contributed by atoms with van der Waals surface area (Å²) in [6.07, 6.45) is 2.18. The Morgan fingerprint density at radius 3 is 2.68 bits per heavy atom. The molecule has 1 fully saturated rings. The van der Waals surface area contributed by atoms with Gasteiger partial charge in [-0.2, -0.15) is 0 Å². The van der Waals surface area contributed by atoms with Crippen molar-refractivity contribution in [3.8, 4) is 0 Å². The topological polar surface area (TPSA) is 41.6 Å². The molecule has 19 heavy (non-hydrogen) atoms. The maximum atomic E-state index is 12.0. The van der Waals surface area contributed by atoms with Crippen LogP contribution in [0, 0.1) is 17.3 Å². The molecule has 1 rings (SSSR count). The molecule has 1 aliphatic heterocycles. The van der Waals surface area contributed by atoms with Gasteiger partial charge in [-0.05, 0) is 24.2 Å². The van der Waals surface area contributed by atoms with Crippen LogP contribution in [0.3, 0.4) is 0 Å². The van der Waals surface area contributed by atoms with Gasteiger partial charge in [0, 0.05) is 32.7 Å². The lowest BCUT2D eigenvalue weighted by Crippen LogP contribution is -2.43. The lowest BCUT2D eigenvalue weighted by molar-refractivity contribution is 0.169. The Bertz CT molecular complexity index is 284. The van der Waals surface area contributed by atoms with Crippen LogP contribution in [0.4, 0.5) is 4.79 Å². The number of amides is 2. The molecule has 1 heterocycles. The number of nitrogens with one attached hydrogen (secondary N) is 1. The van der Waals surface area contributed by atoms with E-state index in [-0.39, 0.29) is 11.4 Å². The number of carbonyl (C=O) groups excluding carboxylic acids is 1. The third-order valence-corrected chi connectivity index (χ3v) is 3.58. The molecule has 1 N–H and O–H groups in total. The van der Waals surface area contributed by atoms with Crippen molar-refractivity contribution in [3.63, 3.8) is 0 Å². The number of hydrogen-bond acceptors (Lipinski definition) is 2. The highest BCUT2D eigenvalue weighted by Gasteiger charge is 2.23. The SMILES string of the molecule is CC(C)CC(C)(C)CNC(=O)N(C)C[C@H]1CCOC1. The highest BCUT2D eigenvalue weighted by molar-refractivity contribution is 5.73. The fourth-order valence-electron chi connectivity index (χ4n) is 2.82. The first-order valence-corrected chi connectivity index (χ1v) is 7.37. The zero-order valence-electron chi connectivity index (χ0n) is 13.2. The standard InChI is InChI=1S/C15H30N2O2/c1-12(2)8-15(3,4)11-16-14(18)17(5)9-13-6-7-19-10-13/h12-13H,6-11H2,1-5H3,(H,16,18)/t13-/m1/s1. The van der Waals surface area contributed by atoms with Gasteiger partial charge in [-0.25, -0.2) is 4.79 Å². The highest BCUT2D eigenvalue weighted by atomic mass is 16.5. The van der Waals surface area contributed by atoms with Crippen molar-refractivity contribution in [3.05, 3.63) is 0 Å². The zero-order chi connectivity index (χ0) is 14.5. The van der Waals surface area contributed by atoms with Crippen molar-refractivity contribution >= 4 is 6.03 Å². The van der Waals surface area contributed by atoms with Gasteiger partial charge in [-0.1, -0.05) is 27.7 Å². The third-order valence-electron chi connectivity index (χ3n) is 3.58. The van der Waals surface area contributed by atoms with E-state index in [4.69, 9.17) is 4.74 Å². The van der Waals surface area contributed by atoms with Gasteiger partial charge in [0.05, 0.1) is 6.61 Å². The van der Waals surface area contributed by atoms with Gasteiger partial charge in [0.15, 0.2) is 0 Å². The molecule has 4 nitrogen and oxygen atoms in total. The fourth-order valence-corrected chi connectivity index (χ4v) is 2.82. The first-order chi connectivity index (χ1) is 8.80. The van der Waals surface area contributed by atoms with E-state index in [2.05, 4.69) is 33.0 Å². The van der Waals surface area contributed by atoms with Crippen LogP contribution in [0.5, 0.6) is 0 Å². The van der Waals surface area contributed by atoms with E-state index in [1.165, 1.54) is 0 Å². The molecule has 0 unspecified atom stereocenters. The molecule has 0 aliphatic carbocycles. The van der Waals surface area contributed by atoms with Gasteiger partial charge in [-0.3, -0.25) is 0 Å². The van der Waals surface area contributed by atoms with E-state index in [1.807, 2.05) is 7.05 Å². The molecule has 4 heteroatoms. The first kappa shape index (κ1) is 16.3. The van der Waals surface area contributed by atoms with Crippen LogP contribution >= 0.6 is 0 Å². The van der Waals surface area contributed by atoms with Gasteiger partial charge >= 0.3 is 6.03 Å². The van der Waals surface area contributed by atoms with E-state index in [0.29, 0.717) is 11.8 Å². The summed E-state index contributed by atoms with van der Waals surface area (Å²) in [6, 6.07) is 0.0312. The lowest BCUT2D eigenvalue weighted by atomic mass is 9.84. The molecule has 112 valence electrons. The van der Waals surface area contributed by atoms with Crippen molar-refractivity contribution in [2.75, 3.05) is 33.4 Å². The number of carbonyl (C=O) groups is 1. The molecule has 0 aromatic carbocycles. The summed E-state index contributed by atoms with van der Waals surface area (Å²) in [5.41, 5.74) is 0.154. The predicted octanol–water partition coefficient (Wildman–Crippen LogP) is 2.74. The highest BCUT2D eigenvalue weighted by Crippen LogP contribution is 2.24. The van der Waals surface area contributed by atoms with Crippen molar-refractivity contribution in [1.82, 2.24) is 10.2 Å². The van der Waals surface area contributed by atoms with Crippen LogP contribution in [0.15, 0.2) is 0 Å². The van der Waals surface area contributed by atoms with Gasteiger partial charge in [-0.15, -0.1) is 0 Å². The van der Waals surface area contributed by atoms with Crippen molar-refractivity contribution in [1.29, 1.82) is 0 Å². The largest absolute Gasteiger partial charge is 0.381 e. The number of nitrogens with zero attached hydrogens (tertiary/aromatic N) is 1. The summed E-state index contributed by atoms with van der Waals surface area (Å²) in [7, 11) is 1.86. The summed E-state index contributed by atoms with van der Waals surface area (Å²) in [5, 5.41) is 3.05. The van der Waals surface area contributed by atoms with Crippen molar-refractivity contribution < 1.29 is 9.53 Å². The molecule has 0 spiro atoms. The number of rotatable bonds is 6. The van der Waals surface area contributed by atoms with E-state index < -0.39 is 0 Å². The normalized spacial score (nSPS) is 19.8. The smallest absolute Gasteiger partial charge is 0.317 e. The van der Waals surface area contributed by atoms with Crippen LogP contribution < -0.4 is 5.32 Å². The van der Waals surface area contributed by atoms with Crippen LogP contribution in [-0.4, -0.2) is 44.3 Å². The minimum Gasteiger partial charge on any atom is -0.381 e. The van der Waals surface area contributed by atoms with Gasteiger partial charge in [0.25, 0.3) is 0 Å². The molecule has 1 saturated heterocycles. The number of ether oxygens (including phenoxy) is 1. The lowest BCUT2D eigenvalue weighted by Gasteiger charge is -2.29. The second-order valence-electron chi connectivity index (χ2n) is 7.03. The summed E-state index contributed by atoms with van der Waals surface area (Å²) in [6.45, 7) is 12.0. The van der Waals surface area contributed by atoms with Crippen molar-refractivity contribution in [2.24, 2.45) is 17.3 Å². The summed E-state index contributed by atoms with van der Waals surface area (Å²) in [5.74, 6) is 1.15. The summed E-state index contributed by atoms with van der Waals surface area (Å²) in [4.78, 5) is 13.8. The minimum absolute atomic E-state index is 0.0312. The van der Waals surface area contributed by atoms with E-state index in [1.54, 1.807) is 4.90 Å². The molecule has 0 aromatic heterocycles. The van der Waals surface area contributed by atoms with Crippen LogP contribution in [-0.2, 0) is 4.74 Å². The van der Waals surface area contributed by atoms with Crippen LogP contribution in [0.2, 0.25) is 0 Å². The van der Waals surface area contributed by atoms with E-state index in [0.717, 1.165) is 39.1 Å². The van der Waals surface area contributed by atoms with Gasteiger partial charge in [0.2, 0.25) is 0 Å². The third kappa shape index (κ3) is 6.28. The zero-order valence-corrected chi connectivity index (χ0v) is 13.2. The number of urea groups is 1. The van der Waals surface area contributed by atoms with Crippen LogP contribution in [0.1, 0.15) is 40.5 Å².